The summed E-state index contributed by atoms with van der Waals surface area (Å²) in [5.41, 5.74) is 2.96. The van der Waals surface area contributed by atoms with Gasteiger partial charge in [0.1, 0.15) is 12.6 Å². The Bertz CT molecular complexity index is 1590. The smallest absolute Gasteiger partial charge is 0.264 e. The summed E-state index contributed by atoms with van der Waals surface area (Å²) in [5, 5.41) is 3.01. The third-order valence-electron chi connectivity index (χ3n) is 7.05. The molecule has 0 aliphatic rings. The van der Waals surface area contributed by atoms with Gasteiger partial charge in [-0.25, -0.2) is 8.42 Å². The molecule has 0 radical (unpaired) electrons. The second kappa shape index (κ2) is 14.6. The molecule has 7 nitrogen and oxygen atoms in total. The highest BCUT2D eigenvalue weighted by atomic mass is 32.2. The molecule has 1 unspecified atom stereocenters. The van der Waals surface area contributed by atoms with E-state index in [2.05, 4.69) is 5.32 Å². The van der Waals surface area contributed by atoms with Gasteiger partial charge in [-0.3, -0.25) is 13.9 Å². The van der Waals surface area contributed by atoms with E-state index < -0.39 is 28.5 Å². The monoisotopic (exact) mass is 597 g/mol. The largest absolute Gasteiger partial charge is 0.354 e. The van der Waals surface area contributed by atoms with Gasteiger partial charge >= 0.3 is 0 Å². The van der Waals surface area contributed by atoms with Gasteiger partial charge in [-0.05, 0) is 53.8 Å². The number of hydrogen-bond donors (Lipinski definition) is 1. The quantitative estimate of drug-likeness (QED) is 0.217. The Balaban J connectivity index is 1.78. The summed E-state index contributed by atoms with van der Waals surface area (Å²) in [6.07, 6.45) is 0.277. The first-order valence-electron chi connectivity index (χ1n) is 14.4. The molecule has 224 valence electrons. The van der Waals surface area contributed by atoms with E-state index in [0.717, 1.165) is 21.0 Å². The maximum Gasteiger partial charge on any atom is 0.264 e. The number of carbonyl (C=O) groups excluding carboxylic acids is 2. The average Bonchev–Trinajstić information content (AvgIpc) is 3.01. The van der Waals surface area contributed by atoms with Crippen molar-refractivity contribution in [2.24, 2.45) is 5.92 Å². The van der Waals surface area contributed by atoms with E-state index in [0.29, 0.717) is 12.2 Å². The molecule has 0 saturated carbocycles. The maximum atomic E-state index is 14.4. The molecule has 0 aromatic heterocycles. The zero-order chi connectivity index (χ0) is 30.8. The molecule has 0 heterocycles. The standard InChI is InChI=1S/C35H39N3O4S/c1-27(2)24-36-35(40)33(23-29-15-7-4-8-16-29)37(25-30-17-9-5-10-18-30)34(39)26-38(31-19-13-14-28(3)22-31)43(41,42)32-20-11-6-12-21-32/h4-22,27,33H,23-26H2,1-3H3,(H,36,40). The molecule has 4 rings (SSSR count). The molecule has 0 spiro atoms. The van der Waals surface area contributed by atoms with Crippen molar-refractivity contribution < 1.29 is 18.0 Å². The average molecular weight is 598 g/mol. The Morgan fingerprint density at radius 2 is 1.35 bits per heavy atom. The first-order valence-corrected chi connectivity index (χ1v) is 15.9. The van der Waals surface area contributed by atoms with Crippen LogP contribution in [-0.4, -0.2) is 44.3 Å². The SMILES string of the molecule is Cc1cccc(N(CC(=O)N(Cc2ccccc2)C(Cc2ccccc2)C(=O)NCC(C)C)S(=O)(=O)c2ccccc2)c1. The highest BCUT2D eigenvalue weighted by Gasteiger charge is 2.34. The van der Waals surface area contributed by atoms with Crippen LogP contribution >= 0.6 is 0 Å². The van der Waals surface area contributed by atoms with Crippen molar-refractivity contribution in [1.29, 1.82) is 0 Å². The first kappa shape index (κ1) is 31.5. The summed E-state index contributed by atoms with van der Waals surface area (Å²) < 4.78 is 29.2. The number of carbonyl (C=O) groups is 2. The Labute approximate surface area is 255 Å². The fourth-order valence-corrected chi connectivity index (χ4v) is 6.22. The molecule has 4 aromatic carbocycles. The van der Waals surface area contributed by atoms with Gasteiger partial charge in [0.15, 0.2) is 0 Å². The highest BCUT2D eigenvalue weighted by molar-refractivity contribution is 7.92. The number of anilines is 1. The van der Waals surface area contributed by atoms with Crippen molar-refractivity contribution in [1.82, 2.24) is 10.2 Å². The first-order chi connectivity index (χ1) is 20.6. The van der Waals surface area contributed by atoms with Crippen molar-refractivity contribution in [2.45, 2.75) is 44.7 Å². The van der Waals surface area contributed by atoms with Crippen LogP contribution in [0.5, 0.6) is 0 Å². The van der Waals surface area contributed by atoms with E-state index in [-0.39, 0.29) is 29.7 Å². The second-order valence-corrected chi connectivity index (χ2v) is 12.9. The molecule has 0 saturated heterocycles. The number of benzene rings is 4. The summed E-state index contributed by atoms with van der Waals surface area (Å²) in [6, 6.07) is 33.2. The summed E-state index contributed by atoms with van der Waals surface area (Å²) in [5.74, 6) is -0.548. The normalized spacial score (nSPS) is 12.0. The summed E-state index contributed by atoms with van der Waals surface area (Å²) in [4.78, 5) is 29.8. The summed E-state index contributed by atoms with van der Waals surface area (Å²) in [7, 11) is -4.11. The number of amides is 2. The molecule has 1 atom stereocenters. The zero-order valence-corrected chi connectivity index (χ0v) is 25.7. The van der Waals surface area contributed by atoms with Crippen LogP contribution in [0.25, 0.3) is 0 Å². The van der Waals surface area contributed by atoms with Crippen molar-refractivity contribution in [3.8, 4) is 0 Å². The summed E-state index contributed by atoms with van der Waals surface area (Å²) >= 11 is 0. The van der Waals surface area contributed by atoms with Gasteiger partial charge < -0.3 is 10.2 Å². The number of nitrogens with one attached hydrogen (secondary N) is 1. The zero-order valence-electron chi connectivity index (χ0n) is 24.9. The Morgan fingerprint density at radius 3 is 1.93 bits per heavy atom. The minimum atomic E-state index is -4.11. The second-order valence-electron chi connectivity index (χ2n) is 11.0. The van der Waals surface area contributed by atoms with Gasteiger partial charge in [0.25, 0.3) is 10.0 Å². The van der Waals surface area contributed by atoms with Crippen molar-refractivity contribution in [3.63, 3.8) is 0 Å². The van der Waals surface area contributed by atoms with Crippen molar-refractivity contribution in [2.75, 3.05) is 17.4 Å². The topological polar surface area (TPSA) is 86.8 Å². The lowest BCUT2D eigenvalue weighted by Crippen LogP contribution is -2.53. The van der Waals surface area contributed by atoms with E-state index in [1.807, 2.05) is 87.5 Å². The molecule has 0 bridgehead atoms. The van der Waals surface area contributed by atoms with Crippen LogP contribution in [0.4, 0.5) is 5.69 Å². The van der Waals surface area contributed by atoms with Gasteiger partial charge in [-0.2, -0.15) is 0 Å². The van der Waals surface area contributed by atoms with Crippen molar-refractivity contribution >= 4 is 27.5 Å². The number of aryl methyl sites for hydroxylation is 1. The van der Waals surface area contributed by atoms with Gasteiger partial charge in [0.05, 0.1) is 10.6 Å². The highest BCUT2D eigenvalue weighted by Crippen LogP contribution is 2.26. The third-order valence-corrected chi connectivity index (χ3v) is 8.84. The maximum absolute atomic E-state index is 14.4. The molecule has 8 heteroatoms. The lowest BCUT2D eigenvalue weighted by molar-refractivity contribution is -0.140. The van der Waals surface area contributed by atoms with Crippen LogP contribution in [-0.2, 0) is 32.6 Å². The number of sulfonamides is 1. The number of rotatable bonds is 13. The van der Waals surface area contributed by atoms with Crippen molar-refractivity contribution in [3.05, 3.63) is 132 Å². The van der Waals surface area contributed by atoms with E-state index in [1.165, 1.54) is 17.0 Å². The Hall–Kier alpha value is -4.43. The fourth-order valence-electron chi connectivity index (χ4n) is 4.79. The van der Waals surface area contributed by atoms with Gasteiger partial charge in [0, 0.05) is 19.5 Å². The van der Waals surface area contributed by atoms with Crippen LogP contribution < -0.4 is 9.62 Å². The Kier molecular flexibility index (Phi) is 10.7. The molecule has 0 aliphatic heterocycles. The van der Waals surface area contributed by atoms with E-state index in [4.69, 9.17) is 0 Å². The molecule has 1 N–H and O–H groups in total. The summed E-state index contributed by atoms with van der Waals surface area (Å²) in [6.45, 7) is 6.00. The van der Waals surface area contributed by atoms with E-state index in [9.17, 15) is 18.0 Å². The van der Waals surface area contributed by atoms with E-state index >= 15 is 0 Å². The molecular weight excluding hydrogens is 558 g/mol. The molecular formula is C35H39N3O4S. The predicted octanol–water partition coefficient (Wildman–Crippen LogP) is 5.60. The molecule has 0 aliphatic carbocycles. The van der Waals surface area contributed by atoms with Crippen LogP contribution in [0.2, 0.25) is 0 Å². The molecule has 0 fully saturated rings. The van der Waals surface area contributed by atoms with Crippen LogP contribution in [0, 0.1) is 12.8 Å². The lowest BCUT2D eigenvalue weighted by Gasteiger charge is -2.34. The molecule has 4 aromatic rings. The lowest BCUT2D eigenvalue weighted by atomic mass is 10.0. The fraction of sp³-hybridized carbons (Fsp3) is 0.257. The van der Waals surface area contributed by atoms with Crippen LogP contribution in [0.3, 0.4) is 0 Å². The molecule has 2 amide bonds. The third kappa shape index (κ3) is 8.55. The minimum Gasteiger partial charge on any atom is -0.354 e. The van der Waals surface area contributed by atoms with Gasteiger partial charge in [0.2, 0.25) is 11.8 Å². The number of nitrogens with zero attached hydrogens (tertiary/aromatic N) is 2. The minimum absolute atomic E-state index is 0.0782. The predicted molar refractivity (Wildman–Crippen MR) is 171 cm³/mol. The van der Waals surface area contributed by atoms with Gasteiger partial charge in [-0.15, -0.1) is 0 Å². The van der Waals surface area contributed by atoms with Crippen LogP contribution in [0.1, 0.15) is 30.5 Å². The number of hydrogen-bond acceptors (Lipinski definition) is 4. The Morgan fingerprint density at radius 1 is 0.767 bits per heavy atom. The molecule has 43 heavy (non-hydrogen) atoms. The van der Waals surface area contributed by atoms with E-state index in [1.54, 1.807) is 36.4 Å². The van der Waals surface area contributed by atoms with Crippen LogP contribution in [0.15, 0.2) is 120 Å². The van der Waals surface area contributed by atoms with Gasteiger partial charge in [-0.1, -0.05) is 105 Å².